The van der Waals surface area contributed by atoms with E-state index in [4.69, 9.17) is 11.6 Å². The van der Waals surface area contributed by atoms with Crippen LogP contribution in [0, 0.1) is 3.57 Å². The summed E-state index contributed by atoms with van der Waals surface area (Å²) in [5.41, 5.74) is 1.25. The number of carbonyl (C=O) groups excluding carboxylic acids is 2. The fourth-order valence-corrected chi connectivity index (χ4v) is 3.25. The number of carbonyl (C=O) groups is 2. The summed E-state index contributed by atoms with van der Waals surface area (Å²) < 4.78 is 1.10. The van der Waals surface area contributed by atoms with E-state index in [1.54, 1.807) is 24.3 Å². The van der Waals surface area contributed by atoms with Gasteiger partial charge in [0.05, 0.1) is 12.3 Å². The van der Waals surface area contributed by atoms with Gasteiger partial charge in [-0.1, -0.05) is 23.4 Å². The third-order valence-corrected chi connectivity index (χ3v) is 5.31. The number of amides is 2. The van der Waals surface area contributed by atoms with Gasteiger partial charge in [-0.15, -0.1) is 5.10 Å². The number of benzene rings is 2. The second-order valence-electron chi connectivity index (χ2n) is 5.60. The van der Waals surface area contributed by atoms with Crippen LogP contribution in [0.15, 0.2) is 53.7 Å². The standard InChI is InChI=1S/C18H15ClIN5O2S/c19-12-3-1-11(2-4-12)17(27)21-9-15-23-18(25-24-15)28-10-16(26)22-14-7-5-13(20)6-8-14/h1-8H,9-10H2,(H,21,27)(H,22,26)(H,23,24,25). The minimum Gasteiger partial charge on any atom is -0.345 e. The van der Waals surface area contributed by atoms with Gasteiger partial charge in [-0.25, -0.2) is 4.98 Å². The van der Waals surface area contributed by atoms with Crippen LogP contribution in [0.2, 0.25) is 5.02 Å². The molecule has 7 nitrogen and oxygen atoms in total. The Balaban J connectivity index is 1.44. The van der Waals surface area contributed by atoms with Crippen LogP contribution in [0.1, 0.15) is 16.2 Å². The highest BCUT2D eigenvalue weighted by Crippen LogP contribution is 2.15. The number of halogens is 2. The number of aromatic nitrogens is 3. The maximum atomic E-state index is 12.1. The van der Waals surface area contributed by atoms with Crippen molar-refractivity contribution in [3.8, 4) is 0 Å². The van der Waals surface area contributed by atoms with Crippen molar-refractivity contribution in [3.63, 3.8) is 0 Å². The van der Waals surface area contributed by atoms with Crippen molar-refractivity contribution in [1.82, 2.24) is 20.5 Å². The Bertz CT molecular complexity index is 963. The van der Waals surface area contributed by atoms with E-state index >= 15 is 0 Å². The number of thioether (sulfide) groups is 1. The Hall–Kier alpha value is -2.11. The number of rotatable bonds is 7. The van der Waals surface area contributed by atoms with Crippen LogP contribution < -0.4 is 10.6 Å². The number of hydrogen-bond acceptors (Lipinski definition) is 5. The molecule has 0 aliphatic rings. The lowest BCUT2D eigenvalue weighted by atomic mass is 10.2. The van der Waals surface area contributed by atoms with E-state index in [0.717, 1.165) is 9.26 Å². The lowest BCUT2D eigenvalue weighted by Crippen LogP contribution is -2.23. The zero-order valence-corrected chi connectivity index (χ0v) is 18.1. The first-order valence-corrected chi connectivity index (χ1v) is 10.6. The summed E-state index contributed by atoms with van der Waals surface area (Å²) in [5, 5.41) is 13.4. The van der Waals surface area contributed by atoms with Gasteiger partial charge in [0.1, 0.15) is 5.82 Å². The molecule has 3 aromatic rings. The Morgan fingerprint density at radius 2 is 1.82 bits per heavy atom. The van der Waals surface area contributed by atoms with Gasteiger partial charge in [0, 0.05) is 19.8 Å². The van der Waals surface area contributed by atoms with Crippen molar-refractivity contribution in [2.45, 2.75) is 11.7 Å². The molecular formula is C18H15ClIN5O2S. The highest BCUT2D eigenvalue weighted by molar-refractivity contribution is 14.1. The summed E-state index contributed by atoms with van der Waals surface area (Å²) in [5.74, 6) is 0.302. The highest BCUT2D eigenvalue weighted by atomic mass is 127. The van der Waals surface area contributed by atoms with Crippen LogP contribution in [0.25, 0.3) is 0 Å². The molecule has 0 fully saturated rings. The van der Waals surface area contributed by atoms with Crippen molar-refractivity contribution in [2.75, 3.05) is 11.1 Å². The number of nitrogens with one attached hydrogen (secondary N) is 3. The van der Waals surface area contributed by atoms with E-state index in [-0.39, 0.29) is 24.1 Å². The number of aromatic amines is 1. The maximum absolute atomic E-state index is 12.1. The van der Waals surface area contributed by atoms with Crippen LogP contribution in [-0.2, 0) is 11.3 Å². The molecule has 0 aliphatic carbocycles. The van der Waals surface area contributed by atoms with Crippen molar-refractivity contribution in [2.24, 2.45) is 0 Å². The Labute approximate surface area is 184 Å². The zero-order chi connectivity index (χ0) is 19.9. The van der Waals surface area contributed by atoms with E-state index in [1.165, 1.54) is 11.8 Å². The Morgan fingerprint density at radius 1 is 1.11 bits per heavy atom. The molecule has 0 spiro atoms. The molecule has 3 rings (SSSR count). The Kier molecular flexibility index (Phi) is 7.29. The third kappa shape index (κ3) is 6.21. The molecule has 2 amide bonds. The number of hydrogen-bond donors (Lipinski definition) is 3. The molecule has 0 unspecified atom stereocenters. The van der Waals surface area contributed by atoms with Gasteiger partial charge in [-0.3, -0.25) is 14.7 Å². The normalized spacial score (nSPS) is 10.5. The maximum Gasteiger partial charge on any atom is 0.251 e. The first-order chi connectivity index (χ1) is 13.5. The van der Waals surface area contributed by atoms with Gasteiger partial charge < -0.3 is 10.6 Å². The summed E-state index contributed by atoms with van der Waals surface area (Å²) in [7, 11) is 0. The van der Waals surface area contributed by atoms with Crippen LogP contribution in [0.5, 0.6) is 0 Å². The van der Waals surface area contributed by atoms with Crippen molar-refractivity contribution in [1.29, 1.82) is 0 Å². The molecule has 0 saturated heterocycles. The van der Waals surface area contributed by atoms with Gasteiger partial charge in [0.2, 0.25) is 11.1 Å². The lowest BCUT2D eigenvalue weighted by molar-refractivity contribution is -0.113. The van der Waals surface area contributed by atoms with Crippen LogP contribution >= 0.6 is 46.0 Å². The molecule has 0 aliphatic heterocycles. The third-order valence-electron chi connectivity index (χ3n) is 3.49. The van der Waals surface area contributed by atoms with Gasteiger partial charge in [0.15, 0.2) is 0 Å². The minimum absolute atomic E-state index is 0.145. The second-order valence-corrected chi connectivity index (χ2v) is 8.22. The van der Waals surface area contributed by atoms with Crippen molar-refractivity contribution in [3.05, 3.63) is 68.5 Å². The van der Waals surface area contributed by atoms with Crippen molar-refractivity contribution >= 4 is 63.5 Å². The van der Waals surface area contributed by atoms with E-state index in [1.807, 2.05) is 24.3 Å². The molecule has 144 valence electrons. The second kappa shape index (κ2) is 9.89. The number of H-pyrrole nitrogens is 1. The predicted octanol–water partition coefficient (Wildman–Crippen LogP) is 3.72. The molecule has 28 heavy (non-hydrogen) atoms. The molecule has 10 heteroatoms. The van der Waals surface area contributed by atoms with E-state index in [9.17, 15) is 9.59 Å². The summed E-state index contributed by atoms with van der Waals surface area (Å²) in [6, 6.07) is 14.1. The van der Waals surface area contributed by atoms with Crippen LogP contribution in [0.4, 0.5) is 5.69 Å². The lowest BCUT2D eigenvalue weighted by Gasteiger charge is -2.04. The monoisotopic (exact) mass is 527 g/mol. The molecule has 2 aromatic carbocycles. The zero-order valence-electron chi connectivity index (χ0n) is 14.4. The fourth-order valence-electron chi connectivity index (χ4n) is 2.15. The summed E-state index contributed by atoms with van der Waals surface area (Å²) in [4.78, 5) is 28.3. The topological polar surface area (TPSA) is 99.8 Å². The molecular weight excluding hydrogens is 513 g/mol. The van der Waals surface area contributed by atoms with Gasteiger partial charge in [0.25, 0.3) is 5.91 Å². The van der Waals surface area contributed by atoms with Crippen molar-refractivity contribution < 1.29 is 9.59 Å². The molecule has 0 bridgehead atoms. The summed E-state index contributed by atoms with van der Waals surface area (Å²) in [6.45, 7) is 0.198. The van der Waals surface area contributed by atoms with Crippen LogP contribution in [-0.4, -0.2) is 32.7 Å². The molecule has 1 aromatic heterocycles. The van der Waals surface area contributed by atoms with Gasteiger partial charge in [-0.05, 0) is 71.1 Å². The van der Waals surface area contributed by atoms with E-state index < -0.39 is 0 Å². The SMILES string of the molecule is O=C(CSc1n[nH]c(CNC(=O)c2ccc(Cl)cc2)n1)Nc1ccc(I)cc1. The highest BCUT2D eigenvalue weighted by Gasteiger charge is 2.10. The summed E-state index contributed by atoms with van der Waals surface area (Å²) >= 11 is 9.22. The smallest absolute Gasteiger partial charge is 0.251 e. The predicted molar refractivity (Wildman–Crippen MR) is 118 cm³/mol. The molecule has 3 N–H and O–H groups in total. The van der Waals surface area contributed by atoms with Gasteiger partial charge in [-0.2, -0.15) is 0 Å². The largest absolute Gasteiger partial charge is 0.345 e. The minimum atomic E-state index is -0.237. The first-order valence-electron chi connectivity index (χ1n) is 8.13. The van der Waals surface area contributed by atoms with Gasteiger partial charge >= 0.3 is 0 Å². The Morgan fingerprint density at radius 3 is 2.54 bits per heavy atom. The number of nitrogens with zero attached hydrogens (tertiary/aromatic N) is 2. The molecule has 0 radical (unpaired) electrons. The van der Waals surface area contributed by atoms with E-state index in [0.29, 0.717) is 21.6 Å². The quantitative estimate of drug-likeness (QED) is 0.321. The molecule has 0 saturated carbocycles. The van der Waals surface area contributed by atoms with E-state index in [2.05, 4.69) is 48.4 Å². The van der Waals surface area contributed by atoms with Crippen LogP contribution in [0.3, 0.4) is 0 Å². The number of anilines is 1. The molecule has 1 heterocycles. The average Bonchev–Trinajstić information content (AvgIpc) is 3.15. The first kappa shape index (κ1) is 20.6. The average molecular weight is 528 g/mol. The fraction of sp³-hybridized carbons (Fsp3) is 0.111. The molecule has 0 atom stereocenters. The summed E-state index contributed by atoms with van der Waals surface area (Å²) in [6.07, 6.45) is 0.